The Hall–Kier alpha value is -3.22. The van der Waals surface area contributed by atoms with Crippen LogP contribution in [0.4, 0.5) is 5.00 Å². The Morgan fingerprint density at radius 1 is 1.16 bits per heavy atom. The number of thiophene rings is 1. The number of aromatic nitrogens is 1. The van der Waals surface area contributed by atoms with Gasteiger partial charge < -0.3 is 10.1 Å². The molecular weight excluding hydrogens is 504 g/mol. The second kappa shape index (κ2) is 10.6. The van der Waals surface area contributed by atoms with Gasteiger partial charge in [0, 0.05) is 20.8 Å². The number of rotatable bonds is 6. The number of ether oxygens (including phenoxy) is 1. The molecule has 1 amide bonds. The van der Waals surface area contributed by atoms with Crippen LogP contribution in [0.1, 0.15) is 63.4 Å². The summed E-state index contributed by atoms with van der Waals surface area (Å²) in [5, 5.41) is 4.94. The van der Waals surface area contributed by atoms with Crippen molar-refractivity contribution in [3.05, 3.63) is 80.7 Å². The fraction of sp³-hybridized carbons (Fsp3) is 0.300. The van der Waals surface area contributed by atoms with Gasteiger partial charge in [0.1, 0.15) is 5.00 Å². The van der Waals surface area contributed by atoms with Crippen molar-refractivity contribution in [3.8, 4) is 11.3 Å². The average Bonchev–Trinajstić information content (AvgIpc) is 3.27. The summed E-state index contributed by atoms with van der Waals surface area (Å²) in [6, 6.07) is 15.2. The minimum Gasteiger partial charge on any atom is -0.462 e. The van der Waals surface area contributed by atoms with Gasteiger partial charge in [-0.05, 0) is 62.3 Å². The van der Waals surface area contributed by atoms with Crippen molar-refractivity contribution in [3.63, 3.8) is 0 Å². The molecule has 37 heavy (non-hydrogen) atoms. The van der Waals surface area contributed by atoms with Gasteiger partial charge in [0.05, 0.1) is 28.9 Å². The number of benzene rings is 2. The number of pyridine rings is 1. The average molecular weight is 533 g/mol. The zero-order valence-electron chi connectivity index (χ0n) is 21.2. The Morgan fingerprint density at radius 3 is 2.68 bits per heavy atom. The van der Waals surface area contributed by atoms with Crippen molar-refractivity contribution in [2.75, 3.05) is 11.9 Å². The first kappa shape index (κ1) is 25.4. The number of hydrogen-bond donors (Lipinski definition) is 1. The van der Waals surface area contributed by atoms with E-state index < -0.39 is 0 Å². The van der Waals surface area contributed by atoms with E-state index in [9.17, 15) is 9.59 Å². The van der Waals surface area contributed by atoms with E-state index in [1.165, 1.54) is 16.2 Å². The second-order valence-corrected chi connectivity index (χ2v) is 10.9. The third kappa shape index (κ3) is 4.88. The molecule has 1 atom stereocenters. The maximum atomic E-state index is 13.9. The van der Waals surface area contributed by atoms with E-state index >= 15 is 0 Å². The van der Waals surface area contributed by atoms with Gasteiger partial charge in [-0.1, -0.05) is 61.3 Å². The summed E-state index contributed by atoms with van der Waals surface area (Å²) >= 11 is 7.92. The predicted molar refractivity (Wildman–Crippen MR) is 151 cm³/mol. The molecule has 2 aromatic carbocycles. The van der Waals surface area contributed by atoms with Crippen LogP contribution >= 0.6 is 22.9 Å². The van der Waals surface area contributed by atoms with E-state index in [0.717, 1.165) is 42.4 Å². The molecule has 0 unspecified atom stereocenters. The number of halogens is 1. The van der Waals surface area contributed by atoms with Gasteiger partial charge >= 0.3 is 5.97 Å². The van der Waals surface area contributed by atoms with E-state index in [4.69, 9.17) is 21.3 Å². The second-order valence-electron chi connectivity index (χ2n) is 9.39. The summed E-state index contributed by atoms with van der Waals surface area (Å²) in [5.41, 5.74) is 5.10. The minimum atomic E-state index is -0.377. The third-order valence-electron chi connectivity index (χ3n) is 7.13. The first-order chi connectivity index (χ1) is 17.9. The Bertz CT molecular complexity index is 1500. The Morgan fingerprint density at radius 2 is 1.95 bits per heavy atom. The molecule has 0 bridgehead atoms. The van der Waals surface area contributed by atoms with Gasteiger partial charge in [-0.3, -0.25) is 4.79 Å². The van der Waals surface area contributed by atoms with Crippen LogP contribution in [0.2, 0.25) is 5.02 Å². The van der Waals surface area contributed by atoms with E-state index in [0.29, 0.717) is 43.7 Å². The van der Waals surface area contributed by atoms with Gasteiger partial charge in [0.15, 0.2) is 0 Å². The highest BCUT2D eigenvalue weighted by molar-refractivity contribution is 7.17. The van der Waals surface area contributed by atoms with Gasteiger partial charge in [-0.15, -0.1) is 11.3 Å². The van der Waals surface area contributed by atoms with E-state index in [1.807, 2.05) is 49.4 Å². The summed E-state index contributed by atoms with van der Waals surface area (Å²) in [4.78, 5) is 32.9. The topological polar surface area (TPSA) is 68.3 Å². The Balaban J connectivity index is 1.61. The Labute approximate surface area is 225 Å². The summed E-state index contributed by atoms with van der Waals surface area (Å²) in [5.74, 6) is -0.0741. The summed E-state index contributed by atoms with van der Waals surface area (Å²) < 4.78 is 5.40. The van der Waals surface area contributed by atoms with Crippen LogP contribution in [0.25, 0.3) is 22.2 Å². The van der Waals surface area contributed by atoms with Crippen molar-refractivity contribution >= 4 is 50.7 Å². The monoisotopic (exact) mass is 532 g/mol. The molecule has 0 saturated carbocycles. The molecule has 5 nitrogen and oxygen atoms in total. The summed E-state index contributed by atoms with van der Waals surface area (Å²) in [6.45, 7) is 6.18. The number of esters is 1. The van der Waals surface area contributed by atoms with Crippen LogP contribution in [0.15, 0.2) is 48.5 Å². The minimum absolute atomic E-state index is 0.282. The van der Waals surface area contributed by atoms with Crippen molar-refractivity contribution in [1.82, 2.24) is 4.98 Å². The molecule has 0 radical (unpaired) electrons. The number of carbonyl (C=O) groups excluding carboxylic acids is 2. The number of nitrogens with one attached hydrogen (secondary N) is 1. The molecule has 4 aromatic rings. The van der Waals surface area contributed by atoms with Crippen LogP contribution in [0, 0.1) is 12.8 Å². The molecule has 7 heteroatoms. The molecule has 0 saturated heterocycles. The van der Waals surface area contributed by atoms with Crippen molar-refractivity contribution < 1.29 is 14.3 Å². The standard InChI is InChI=1S/C30H29ClN2O3S/c1-4-18-11-12-21-25(15-18)37-29(26(21)30(35)36-5-2)33-28(34)22-16-24(19-9-7-6-8-10-19)32-27-17(3)23(31)14-13-20(22)27/h6-10,13-14,16,18H,4-5,11-12,15H2,1-3H3,(H,33,34)/t18-/m0/s1. The van der Waals surface area contributed by atoms with Crippen molar-refractivity contribution in [2.24, 2.45) is 5.92 Å². The molecule has 5 rings (SSSR count). The Kier molecular flexibility index (Phi) is 7.31. The highest BCUT2D eigenvalue weighted by atomic mass is 35.5. The van der Waals surface area contributed by atoms with Gasteiger partial charge in [-0.25, -0.2) is 9.78 Å². The first-order valence-electron chi connectivity index (χ1n) is 12.7. The van der Waals surface area contributed by atoms with Crippen LogP contribution in [0.5, 0.6) is 0 Å². The number of nitrogens with zero attached hydrogens (tertiary/aromatic N) is 1. The molecule has 1 N–H and O–H groups in total. The molecule has 1 aliphatic rings. The first-order valence-corrected chi connectivity index (χ1v) is 13.9. The third-order valence-corrected chi connectivity index (χ3v) is 8.71. The van der Waals surface area contributed by atoms with E-state index in [1.54, 1.807) is 13.0 Å². The number of fused-ring (bicyclic) bond motifs is 2. The predicted octanol–water partition coefficient (Wildman–Crippen LogP) is 7.87. The molecule has 190 valence electrons. The SMILES string of the molecule is CCOC(=O)c1c(NC(=O)c2cc(-c3ccccc3)nc3c(C)c(Cl)ccc23)sc2c1CC[C@H](CC)C2. The number of hydrogen-bond acceptors (Lipinski definition) is 5. The molecule has 2 heterocycles. The lowest BCUT2D eigenvalue weighted by Gasteiger charge is -2.20. The normalized spacial score (nSPS) is 14.9. The van der Waals surface area contributed by atoms with Crippen LogP contribution in [0.3, 0.4) is 0 Å². The smallest absolute Gasteiger partial charge is 0.341 e. The zero-order chi connectivity index (χ0) is 26.1. The van der Waals surface area contributed by atoms with Crippen LogP contribution in [-0.2, 0) is 17.6 Å². The molecular formula is C30H29ClN2O3S. The number of carbonyl (C=O) groups is 2. The lowest BCUT2D eigenvalue weighted by atomic mass is 9.85. The fourth-order valence-corrected chi connectivity index (χ4v) is 6.53. The number of amides is 1. The van der Waals surface area contributed by atoms with Crippen LogP contribution in [-0.4, -0.2) is 23.5 Å². The summed E-state index contributed by atoms with van der Waals surface area (Å²) in [7, 11) is 0. The lowest BCUT2D eigenvalue weighted by Crippen LogP contribution is -2.17. The largest absolute Gasteiger partial charge is 0.462 e. The molecule has 0 spiro atoms. The highest BCUT2D eigenvalue weighted by Gasteiger charge is 2.30. The van der Waals surface area contributed by atoms with E-state index in [-0.39, 0.29) is 18.5 Å². The number of anilines is 1. The molecule has 0 aliphatic heterocycles. The quantitative estimate of drug-likeness (QED) is 0.256. The maximum Gasteiger partial charge on any atom is 0.341 e. The fourth-order valence-electron chi connectivity index (χ4n) is 5.03. The maximum absolute atomic E-state index is 13.9. The lowest BCUT2D eigenvalue weighted by molar-refractivity contribution is 0.0526. The molecule has 1 aliphatic carbocycles. The molecule has 2 aromatic heterocycles. The summed E-state index contributed by atoms with van der Waals surface area (Å²) in [6.07, 6.45) is 3.88. The highest BCUT2D eigenvalue weighted by Crippen LogP contribution is 2.41. The van der Waals surface area contributed by atoms with Crippen molar-refractivity contribution in [2.45, 2.75) is 46.5 Å². The zero-order valence-corrected chi connectivity index (χ0v) is 22.8. The van der Waals surface area contributed by atoms with E-state index in [2.05, 4.69) is 12.2 Å². The van der Waals surface area contributed by atoms with Crippen molar-refractivity contribution in [1.29, 1.82) is 0 Å². The van der Waals surface area contributed by atoms with Gasteiger partial charge in [0.2, 0.25) is 0 Å². The van der Waals surface area contributed by atoms with Gasteiger partial charge in [0.25, 0.3) is 5.91 Å². The van der Waals surface area contributed by atoms with Gasteiger partial charge in [-0.2, -0.15) is 0 Å². The van der Waals surface area contributed by atoms with Crippen LogP contribution < -0.4 is 5.32 Å². The molecule has 0 fully saturated rings. The number of aryl methyl sites for hydroxylation is 1.